The van der Waals surface area contributed by atoms with Crippen LogP contribution in [-0.4, -0.2) is 11.3 Å². The molecular weight excluding hydrogens is 222 g/mol. The molecule has 0 saturated carbocycles. The molecule has 2 nitrogen and oxygen atoms in total. The first kappa shape index (κ1) is 14.9. The van der Waals surface area contributed by atoms with Crippen LogP contribution < -0.4 is 5.32 Å². The number of carbonyl (C=O) groups excluding carboxylic acids is 1. The minimum absolute atomic E-state index is 0.0958. The maximum atomic E-state index is 12.6. The van der Waals surface area contributed by atoms with Crippen molar-refractivity contribution < 1.29 is 4.79 Å². The van der Waals surface area contributed by atoms with E-state index in [-0.39, 0.29) is 22.8 Å². The van der Waals surface area contributed by atoms with Crippen LogP contribution in [0.25, 0.3) is 0 Å². The van der Waals surface area contributed by atoms with Crippen LogP contribution in [-0.2, 0) is 4.79 Å². The lowest BCUT2D eigenvalue weighted by atomic mass is 9.83. The Hall–Kier alpha value is -1.15. The lowest BCUT2D eigenvalue weighted by molar-refractivity contribution is -0.129. The van der Waals surface area contributed by atoms with Gasteiger partial charge in [0.1, 0.15) is 0 Å². The second-order valence-corrected chi connectivity index (χ2v) is 6.85. The van der Waals surface area contributed by atoms with Gasteiger partial charge < -0.3 is 0 Å². The Morgan fingerprint density at radius 2 is 1.50 bits per heavy atom. The molecule has 1 atom stereocenters. The van der Waals surface area contributed by atoms with E-state index in [9.17, 15) is 4.79 Å². The molecule has 18 heavy (non-hydrogen) atoms. The number of Topliss-reactive ketones (excluding diaryl/α,β-unsaturated/α-hetero) is 1. The number of hydrogen-bond acceptors (Lipinski definition) is 2. The lowest BCUT2D eigenvalue weighted by Gasteiger charge is -2.32. The summed E-state index contributed by atoms with van der Waals surface area (Å²) in [7, 11) is 0. The van der Waals surface area contributed by atoms with Gasteiger partial charge in [0, 0.05) is 11.0 Å². The summed E-state index contributed by atoms with van der Waals surface area (Å²) in [6, 6.07) is 9.69. The third-order valence-electron chi connectivity index (χ3n) is 2.71. The van der Waals surface area contributed by atoms with Crippen molar-refractivity contribution >= 4 is 5.78 Å². The van der Waals surface area contributed by atoms with E-state index in [0.717, 1.165) is 5.56 Å². The molecule has 0 aliphatic rings. The van der Waals surface area contributed by atoms with E-state index in [1.807, 2.05) is 51.1 Å². The van der Waals surface area contributed by atoms with Crippen molar-refractivity contribution in [3.05, 3.63) is 35.9 Å². The molecule has 0 bridgehead atoms. The van der Waals surface area contributed by atoms with E-state index in [4.69, 9.17) is 0 Å². The van der Waals surface area contributed by atoms with E-state index in [0.29, 0.717) is 0 Å². The fraction of sp³-hybridized carbons (Fsp3) is 0.562. The largest absolute Gasteiger partial charge is 0.299 e. The van der Waals surface area contributed by atoms with Crippen molar-refractivity contribution in [2.75, 3.05) is 0 Å². The molecule has 1 N–H and O–H groups in total. The summed E-state index contributed by atoms with van der Waals surface area (Å²) in [5.74, 6) is 0.226. The topological polar surface area (TPSA) is 29.1 Å². The molecule has 100 valence electrons. The summed E-state index contributed by atoms with van der Waals surface area (Å²) in [4.78, 5) is 12.6. The fourth-order valence-electron chi connectivity index (χ4n) is 1.81. The maximum Gasteiger partial charge on any atom is 0.159 e. The van der Waals surface area contributed by atoms with Gasteiger partial charge in [-0.2, -0.15) is 0 Å². The van der Waals surface area contributed by atoms with Gasteiger partial charge >= 0.3 is 0 Å². The second kappa shape index (κ2) is 5.23. The van der Waals surface area contributed by atoms with Crippen LogP contribution in [0, 0.1) is 5.41 Å². The predicted octanol–water partition coefficient (Wildman–Crippen LogP) is 3.73. The first-order chi connectivity index (χ1) is 8.11. The van der Waals surface area contributed by atoms with Gasteiger partial charge in [-0.3, -0.25) is 10.1 Å². The normalized spacial score (nSPS) is 14.3. The summed E-state index contributed by atoms with van der Waals surface area (Å²) in [5.41, 5.74) is 0.590. The summed E-state index contributed by atoms with van der Waals surface area (Å²) < 4.78 is 0. The zero-order valence-electron chi connectivity index (χ0n) is 12.4. The smallest absolute Gasteiger partial charge is 0.159 e. The molecule has 0 unspecified atom stereocenters. The third-order valence-corrected chi connectivity index (χ3v) is 2.71. The highest BCUT2D eigenvalue weighted by Crippen LogP contribution is 2.27. The molecule has 2 heteroatoms. The molecule has 0 saturated heterocycles. The molecule has 1 aromatic rings. The molecule has 0 fully saturated rings. The lowest BCUT2D eigenvalue weighted by Crippen LogP contribution is -2.45. The molecule has 1 rings (SSSR count). The van der Waals surface area contributed by atoms with Crippen molar-refractivity contribution in [1.82, 2.24) is 5.32 Å². The first-order valence-electron chi connectivity index (χ1n) is 6.48. The molecule has 0 spiro atoms. The van der Waals surface area contributed by atoms with Gasteiger partial charge in [-0.05, 0) is 26.3 Å². The van der Waals surface area contributed by atoms with Crippen LogP contribution >= 0.6 is 0 Å². The van der Waals surface area contributed by atoms with Crippen LogP contribution in [0.1, 0.15) is 53.1 Å². The minimum Gasteiger partial charge on any atom is -0.299 e. The van der Waals surface area contributed by atoms with Crippen LogP contribution in [0.5, 0.6) is 0 Å². The molecule has 0 aromatic heterocycles. The van der Waals surface area contributed by atoms with E-state index >= 15 is 0 Å². The number of ketones is 1. The number of benzene rings is 1. The molecule has 0 amide bonds. The van der Waals surface area contributed by atoms with Gasteiger partial charge in [-0.1, -0.05) is 51.1 Å². The van der Waals surface area contributed by atoms with Crippen molar-refractivity contribution in [3.63, 3.8) is 0 Å². The molecule has 0 heterocycles. The Morgan fingerprint density at radius 3 is 1.89 bits per heavy atom. The van der Waals surface area contributed by atoms with E-state index in [1.54, 1.807) is 0 Å². The highest BCUT2D eigenvalue weighted by molar-refractivity contribution is 5.89. The van der Waals surface area contributed by atoms with Gasteiger partial charge in [0.15, 0.2) is 5.78 Å². The van der Waals surface area contributed by atoms with Crippen molar-refractivity contribution in [3.8, 4) is 0 Å². The average Bonchev–Trinajstić information content (AvgIpc) is 2.24. The third kappa shape index (κ3) is 4.26. The average molecular weight is 247 g/mol. The Balaban J connectivity index is 3.08. The minimum atomic E-state index is -0.348. The number of rotatable bonds is 3. The zero-order valence-corrected chi connectivity index (χ0v) is 12.4. The summed E-state index contributed by atoms with van der Waals surface area (Å²) in [6.45, 7) is 12.2. The quantitative estimate of drug-likeness (QED) is 0.881. The fourth-order valence-corrected chi connectivity index (χ4v) is 1.81. The van der Waals surface area contributed by atoms with Crippen LogP contribution in [0.4, 0.5) is 0 Å². The van der Waals surface area contributed by atoms with Gasteiger partial charge in [0.05, 0.1) is 6.04 Å². The predicted molar refractivity (Wildman–Crippen MR) is 76.5 cm³/mol. The zero-order chi connectivity index (χ0) is 14.0. The first-order valence-corrected chi connectivity index (χ1v) is 6.48. The maximum absolute atomic E-state index is 12.6. The Labute approximate surface area is 111 Å². The number of nitrogens with one attached hydrogen (secondary N) is 1. The summed E-state index contributed by atoms with van der Waals surface area (Å²) in [6.07, 6.45) is 0. The SMILES string of the molecule is CC(C)(C)N[C@@H](C(=O)C(C)(C)C)c1ccccc1. The Kier molecular flexibility index (Phi) is 4.33. The van der Waals surface area contributed by atoms with Crippen LogP contribution in [0.2, 0.25) is 0 Å². The van der Waals surface area contributed by atoms with Gasteiger partial charge in [0.25, 0.3) is 0 Å². The van der Waals surface area contributed by atoms with Crippen LogP contribution in [0.3, 0.4) is 0 Å². The Bertz CT molecular complexity index is 395. The van der Waals surface area contributed by atoms with E-state index in [1.165, 1.54) is 0 Å². The Morgan fingerprint density at radius 1 is 1.00 bits per heavy atom. The number of hydrogen-bond donors (Lipinski definition) is 1. The molecular formula is C16H25NO. The number of carbonyl (C=O) groups is 1. The summed E-state index contributed by atoms with van der Waals surface area (Å²) >= 11 is 0. The van der Waals surface area contributed by atoms with Crippen molar-refractivity contribution in [1.29, 1.82) is 0 Å². The standard InChI is InChI=1S/C16H25NO/c1-15(2,3)14(18)13(17-16(4,5)6)12-10-8-7-9-11-12/h7-11,13,17H,1-6H3/t13-/m1/s1. The van der Waals surface area contributed by atoms with Gasteiger partial charge in [0.2, 0.25) is 0 Å². The van der Waals surface area contributed by atoms with Crippen molar-refractivity contribution in [2.24, 2.45) is 5.41 Å². The highest BCUT2D eigenvalue weighted by atomic mass is 16.1. The van der Waals surface area contributed by atoms with Gasteiger partial charge in [-0.15, -0.1) is 0 Å². The highest BCUT2D eigenvalue weighted by Gasteiger charge is 2.32. The van der Waals surface area contributed by atoms with E-state index < -0.39 is 0 Å². The summed E-state index contributed by atoms with van der Waals surface area (Å²) in [5, 5.41) is 3.43. The van der Waals surface area contributed by atoms with Crippen molar-refractivity contribution in [2.45, 2.75) is 53.1 Å². The second-order valence-electron chi connectivity index (χ2n) is 6.85. The monoisotopic (exact) mass is 247 g/mol. The van der Waals surface area contributed by atoms with Gasteiger partial charge in [-0.25, -0.2) is 0 Å². The molecule has 0 aliphatic carbocycles. The molecule has 0 radical (unpaired) electrons. The van der Waals surface area contributed by atoms with Crippen LogP contribution in [0.15, 0.2) is 30.3 Å². The molecule has 1 aromatic carbocycles. The molecule has 0 aliphatic heterocycles. The van der Waals surface area contributed by atoms with E-state index in [2.05, 4.69) is 26.1 Å².